The van der Waals surface area contributed by atoms with E-state index >= 15 is 0 Å². The Morgan fingerprint density at radius 2 is 1.96 bits per heavy atom. The van der Waals surface area contributed by atoms with E-state index in [0.29, 0.717) is 36.6 Å². The first-order chi connectivity index (χ1) is 12.2. The number of hydrogen-bond acceptors (Lipinski definition) is 6. The molecule has 7 nitrogen and oxygen atoms in total. The summed E-state index contributed by atoms with van der Waals surface area (Å²) in [5.41, 5.74) is 0. The standard InChI is InChI=1S/C17H25N5O2S/c23-14(18-17-20-19-16(25-17)12-5-6-12)7-8-21-9-10-22(15(24)11-21)13-3-1-2-4-13/h12-13H,1-11H2,(H,18,20,23). The number of rotatable bonds is 6. The smallest absolute Gasteiger partial charge is 0.237 e. The van der Waals surface area contributed by atoms with Gasteiger partial charge in [-0.2, -0.15) is 0 Å². The number of nitrogens with one attached hydrogen (secondary N) is 1. The number of amides is 2. The lowest BCUT2D eigenvalue weighted by Crippen LogP contribution is -2.53. The molecule has 25 heavy (non-hydrogen) atoms. The van der Waals surface area contributed by atoms with E-state index in [-0.39, 0.29) is 11.8 Å². The summed E-state index contributed by atoms with van der Waals surface area (Å²) in [6, 6.07) is 0.455. The van der Waals surface area contributed by atoms with Crippen LogP contribution in [0.4, 0.5) is 5.13 Å². The predicted molar refractivity (Wildman–Crippen MR) is 95.5 cm³/mol. The van der Waals surface area contributed by atoms with Gasteiger partial charge in [0.05, 0.1) is 6.54 Å². The Kier molecular flexibility index (Phi) is 4.98. The first kappa shape index (κ1) is 16.9. The molecule has 1 aliphatic heterocycles. The molecule has 136 valence electrons. The number of carbonyl (C=O) groups is 2. The molecule has 8 heteroatoms. The van der Waals surface area contributed by atoms with Crippen LogP contribution in [0.25, 0.3) is 0 Å². The number of aromatic nitrogens is 2. The molecule has 0 spiro atoms. The third-order valence-electron chi connectivity index (χ3n) is 5.37. The lowest BCUT2D eigenvalue weighted by Gasteiger charge is -2.37. The van der Waals surface area contributed by atoms with Crippen molar-refractivity contribution in [3.63, 3.8) is 0 Å². The first-order valence-corrected chi connectivity index (χ1v) is 10.2. The average Bonchev–Trinajstić information content (AvgIpc) is 3.11. The number of carbonyl (C=O) groups excluding carboxylic acids is 2. The minimum atomic E-state index is -0.0517. The summed E-state index contributed by atoms with van der Waals surface area (Å²) in [6.45, 7) is 2.71. The Labute approximate surface area is 151 Å². The first-order valence-electron chi connectivity index (χ1n) is 9.34. The summed E-state index contributed by atoms with van der Waals surface area (Å²) < 4.78 is 0. The summed E-state index contributed by atoms with van der Waals surface area (Å²) in [5.74, 6) is 0.728. The van der Waals surface area contributed by atoms with Crippen molar-refractivity contribution in [2.75, 3.05) is 31.5 Å². The van der Waals surface area contributed by atoms with Crippen molar-refractivity contribution in [2.45, 2.75) is 56.9 Å². The van der Waals surface area contributed by atoms with E-state index in [1.165, 1.54) is 37.0 Å². The maximum atomic E-state index is 12.4. The van der Waals surface area contributed by atoms with Gasteiger partial charge in [-0.3, -0.25) is 14.5 Å². The van der Waals surface area contributed by atoms with Crippen LogP contribution in [0, 0.1) is 0 Å². The largest absolute Gasteiger partial charge is 0.337 e. The third kappa shape index (κ3) is 4.17. The number of hydrogen-bond donors (Lipinski definition) is 1. The van der Waals surface area contributed by atoms with Crippen LogP contribution in [0.1, 0.15) is 55.9 Å². The fraction of sp³-hybridized carbons (Fsp3) is 0.765. The van der Waals surface area contributed by atoms with Gasteiger partial charge >= 0.3 is 0 Å². The molecule has 0 bridgehead atoms. The van der Waals surface area contributed by atoms with Crippen LogP contribution in [0.3, 0.4) is 0 Å². The Morgan fingerprint density at radius 3 is 2.68 bits per heavy atom. The van der Waals surface area contributed by atoms with E-state index in [0.717, 1.165) is 30.9 Å². The molecule has 2 aliphatic carbocycles. The molecule has 0 atom stereocenters. The van der Waals surface area contributed by atoms with E-state index in [4.69, 9.17) is 0 Å². The van der Waals surface area contributed by atoms with Gasteiger partial charge in [-0.05, 0) is 25.7 Å². The van der Waals surface area contributed by atoms with Gasteiger partial charge in [0.25, 0.3) is 0 Å². The van der Waals surface area contributed by atoms with E-state index in [2.05, 4.69) is 25.3 Å². The molecule has 1 aromatic rings. The van der Waals surface area contributed by atoms with E-state index in [9.17, 15) is 9.59 Å². The summed E-state index contributed by atoms with van der Waals surface area (Å²) in [5, 5.41) is 12.6. The molecule has 0 unspecified atom stereocenters. The fourth-order valence-corrected chi connectivity index (χ4v) is 4.68. The van der Waals surface area contributed by atoms with Crippen LogP contribution in [0.15, 0.2) is 0 Å². The second kappa shape index (κ2) is 7.37. The molecule has 3 aliphatic rings. The molecule has 2 heterocycles. The SMILES string of the molecule is O=C(CCN1CCN(C2CCCC2)C(=O)C1)Nc1nnc(C2CC2)s1. The third-order valence-corrected chi connectivity index (χ3v) is 6.37. The second-order valence-corrected chi connectivity index (χ2v) is 8.33. The Hall–Kier alpha value is -1.54. The van der Waals surface area contributed by atoms with Crippen LogP contribution in [-0.2, 0) is 9.59 Å². The highest BCUT2D eigenvalue weighted by molar-refractivity contribution is 7.15. The maximum Gasteiger partial charge on any atom is 0.237 e. The molecule has 1 aromatic heterocycles. The van der Waals surface area contributed by atoms with Gasteiger partial charge < -0.3 is 10.2 Å². The molecule has 1 saturated heterocycles. The monoisotopic (exact) mass is 363 g/mol. The van der Waals surface area contributed by atoms with Crippen molar-refractivity contribution >= 4 is 28.3 Å². The van der Waals surface area contributed by atoms with Gasteiger partial charge in [0.1, 0.15) is 5.01 Å². The second-order valence-electron chi connectivity index (χ2n) is 7.32. The van der Waals surface area contributed by atoms with Crippen molar-refractivity contribution < 1.29 is 9.59 Å². The molecular formula is C17H25N5O2S. The quantitative estimate of drug-likeness (QED) is 0.834. The molecule has 1 N–H and O–H groups in total. The maximum absolute atomic E-state index is 12.4. The minimum Gasteiger partial charge on any atom is -0.337 e. The van der Waals surface area contributed by atoms with Crippen molar-refractivity contribution in [1.29, 1.82) is 0 Å². The number of anilines is 1. The number of nitrogens with zero attached hydrogens (tertiary/aromatic N) is 4. The summed E-state index contributed by atoms with van der Waals surface area (Å²) in [6.07, 6.45) is 7.54. The van der Waals surface area contributed by atoms with Crippen molar-refractivity contribution in [3.8, 4) is 0 Å². The van der Waals surface area contributed by atoms with Crippen molar-refractivity contribution in [3.05, 3.63) is 5.01 Å². The topological polar surface area (TPSA) is 78.4 Å². The molecule has 0 radical (unpaired) electrons. The van der Waals surface area contributed by atoms with Gasteiger partial charge in [-0.25, -0.2) is 0 Å². The molecule has 4 rings (SSSR count). The zero-order valence-corrected chi connectivity index (χ0v) is 15.3. The molecule has 2 amide bonds. The lowest BCUT2D eigenvalue weighted by molar-refractivity contribution is -0.139. The Balaban J connectivity index is 1.20. The fourth-order valence-electron chi connectivity index (χ4n) is 3.75. The van der Waals surface area contributed by atoms with E-state index in [1.807, 2.05) is 0 Å². The highest BCUT2D eigenvalue weighted by Gasteiger charge is 2.31. The van der Waals surface area contributed by atoms with Crippen molar-refractivity contribution in [2.24, 2.45) is 0 Å². The van der Waals surface area contributed by atoms with E-state index < -0.39 is 0 Å². The summed E-state index contributed by atoms with van der Waals surface area (Å²) in [4.78, 5) is 28.6. The summed E-state index contributed by atoms with van der Waals surface area (Å²) >= 11 is 1.48. The normalized spacial score (nSPS) is 22.6. The molecule has 2 saturated carbocycles. The zero-order chi connectivity index (χ0) is 17.2. The number of piperazine rings is 1. The van der Waals surface area contributed by atoms with Crippen LogP contribution in [-0.4, -0.2) is 64.0 Å². The predicted octanol–water partition coefficient (Wildman–Crippen LogP) is 1.83. The van der Waals surface area contributed by atoms with Crippen LogP contribution >= 0.6 is 11.3 Å². The Bertz CT molecular complexity index is 639. The van der Waals surface area contributed by atoms with E-state index in [1.54, 1.807) is 0 Å². The van der Waals surface area contributed by atoms with Crippen LogP contribution in [0.5, 0.6) is 0 Å². The average molecular weight is 363 g/mol. The van der Waals surface area contributed by atoms with Crippen LogP contribution in [0.2, 0.25) is 0 Å². The minimum absolute atomic E-state index is 0.0517. The molecular weight excluding hydrogens is 338 g/mol. The van der Waals surface area contributed by atoms with Gasteiger partial charge in [-0.15, -0.1) is 10.2 Å². The molecule has 3 fully saturated rings. The Morgan fingerprint density at radius 1 is 1.16 bits per heavy atom. The van der Waals surface area contributed by atoms with Crippen molar-refractivity contribution in [1.82, 2.24) is 20.0 Å². The highest BCUT2D eigenvalue weighted by atomic mass is 32.1. The van der Waals surface area contributed by atoms with Gasteiger partial charge in [-0.1, -0.05) is 24.2 Å². The summed E-state index contributed by atoms with van der Waals surface area (Å²) in [7, 11) is 0. The van der Waals surface area contributed by atoms with Gasteiger partial charge in [0, 0.05) is 38.0 Å². The lowest BCUT2D eigenvalue weighted by atomic mass is 10.1. The van der Waals surface area contributed by atoms with Gasteiger partial charge in [0.2, 0.25) is 16.9 Å². The van der Waals surface area contributed by atoms with Gasteiger partial charge in [0.15, 0.2) is 0 Å². The van der Waals surface area contributed by atoms with Crippen LogP contribution < -0.4 is 5.32 Å². The zero-order valence-electron chi connectivity index (χ0n) is 14.4. The highest BCUT2D eigenvalue weighted by Crippen LogP contribution is 2.42. The molecule has 0 aromatic carbocycles.